The van der Waals surface area contributed by atoms with Gasteiger partial charge >= 0.3 is 0 Å². The van der Waals surface area contributed by atoms with Crippen molar-refractivity contribution in [1.82, 2.24) is 19.5 Å². The van der Waals surface area contributed by atoms with E-state index < -0.39 is 0 Å². The van der Waals surface area contributed by atoms with Crippen LogP contribution in [-0.4, -0.2) is 19.5 Å². The Labute approximate surface area is 324 Å². The van der Waals surface area contributed by atoms with Crippen LogP contribution in [-0.2, 0) is 0 Å². The Hall–Kier alpha value is -6.82. The Morgan fingerprint density at radius 3 is 1.87 bits per heavy atom. The number of rotatable bonds is 6. The molecule has 0 bridgehead atoms. The molecule has 0 aliphatic rings. The molecular formula is C50H34N4S. The highest BCUT2D eigenvalue weighted by atomic mass is 32.1. The minimum absolute atomic E-state index is 0.654. The van der Waals surface area contributed by atoms with Gasteiger partial charge in [0.2, 0.25) is 0 Å². The molecule has 0 aliphatic carbocycles. The van der Waals surface area contributed by atoms with Crippen molar-refractivity contribution in [2.75, 3.05) is 0 Å². The van der Waals surface area contributed by atoms with Gasteiger partial charge in [0.15, 0.2) is 5.82 Å². The number of hydrogen-bond donors (Lipinski definition) is 1. The average molecular weight is 723 g/mol. The van der Waals surface area contributed by atoms with Crippen molar-refractivity contribution in [3.63, 3.8) is 0 Å². The summed E-state index contributed by atoms with van der Waals surface area (Å²) >= 11 is 4.81. The maximum atomic E-state index is 5.34. The van der Waals surface area contributed by atoms with Crippen LogP contribution in [0.25, 0.3) is 94.6 Å². The lowest BCUT2D eigenvalue weighted by molar-refractivity contribution is 1.16. The van der Waals surface area contributed by atoms with Crippen LogP contribution in [0.5, 0.6) is 0 Å². The number of aromatic nitrogens is 4. The van der Waals surface area contributed by atoms with E-state index in [1.807, 2.05) is 30.5 Å². The molecule has 0 saturated heterocycles. The van der Waals surface area contributed by atoms with Gasteiger partial charge in [-0.3, -0.25) is 4.98 Å². The van der Waals surface area contributed by atoms with Crippen LogP contribution >= 0.6 is 12.6 Å². The minimum Gasteiger partial charge on any atom is -0.309 e. The zero-order valence-corrected chi connectivity index (χ0v) is 31.0. The van der Waals surface area contributed by atoms with Gasteiger partial charge < -0.3 is 4.57 Å². The number of nitrogens with zero attached hydrogens (tertiary/aromatic N) is 4. The molecule has 0 unspecified atom stereocenters. The first-order chi connectivity index (χ1) is 27.1. The van der Waals surface area contributed by atoms with Gasteiger partial charge in [-0.25, -0.2) is 9.97 Å². The Kier molecular flexibility index (Phi) is 8.08. The summed E-state index contributed by atoms with van der Waals surface area (Å²) in [5.41, 5.74) is 13.1. The van der Waals surface area contributed by atoms with Crippen LogP contribution in [0.2, 0.25) is 0 Å². The fourth-order valence-corrected chi connectivity index (χ4v) is 8.12. The topological polar surface area (TPSA) is 43.6 Å². The van der Waals surface area contributed by atoms with E-state index in [0.717, 1.165) is 77.6 Å². The van der Waals surface area contributed by atoms with E-state index in [1.165, 1.54) is 21.5 Å². The predicted molar refractivity (Wildman–Crippen MR) is 231 cm³/mol. The van der Waals surface area contributed by atoms with E-state index in [4.69, 9.17) is 27.6 Å². The number of pyridine rings is 1. The number of fused-ring (bicyclic) bond motifs is 4. The lowest BCUT2D eigenvalue weighted by Gasteiger charge is -2.17. The molecule has 5 heteroatoms. The van der Waals surface area contributed by atoms with Gasteiger partial charge in [-0.2, -0.15) is 0 Å². The Balaban J connectivity index is 1.25. The second-order valence-corrected chi connectivity index (χ2v) is 14.4. The molecule has 55 heavy (non-hydrogen) atoms. The standard InChI is InChI=1S/C50H34N4S/c1-32-40(25-26-51-49(32)43-19-9-12-22-48(43)55)37-28-38(30-39(29-37)54-46-20-10-7-17-41(46)42-18-8-11-21-47(42)54)50-52-44(34-14-3-2-4-15-34)31-45(53-50)36-24-23-33-13-5-6-16-35(33)27-36/h2-31,55H,1H3. The van der Waals surface area contributed by atoms with E-state index in [9.17, 15) is 0 Å². The highest BCUT2D eigenvalue weighted by Crippen LogP contribution is 2.39. The van der Waals surface area contributed by atoms with Crippen molar-refractivity contribution < 1.29 is 0 Å². The van der Waals surface area contributed by atoms with Crippen LogP contribution in [0.15, 0.2) is 187 Å². The van der Waals surface area contributed by atoms with Crippen molar-refractivity contribution >= 4 is 45.2 Å². The average Bonchev–Trinajstić information content (AvgIpc) is 3.58. The van der Waals surface area contributed by atoms with Crippen molar-refractivity contribution in [2.45, 2.75) is 11.8 Å². The zero-order valence-electron chi connectivity index (χ0n) is 30.1. The summed E-state index contributed by atoms with van der Waals surface area (Å²) in [5, 5.41) is 4.78. The fraction of sp³-hybridized carbons (Fsp3) is 0.0200. The zero-order chi connectivity index (χ0) is 36.9. The summed E-state index contributed by atoms with van der Waals surface area (Å²) in [6, 6.07) is 61.7. The Bertz CT molecular complexity index is 3020. The third-order valence-corrected chi connectivity index (χ3v) is 10.9. The quantitative estimate of drug-likeness (QED) is 0.174. The molecule has 4 nitrogen and oxygen atoms in total. The molecule has 10 rings (SSSR count). The summed E-state index contributed by atoms with van der Waals surface area (Å²) in [6.45, 7) is 2.15. The lowest BCUT2D eigenvalue weighted by atomic mass is 9.95. The van der Waals surface area contributed by atoms with Crippen LogP contribution in [0.1, 0.15) is 5.56 Å². The highest BCUT2D eigenvalue weighted by molar-refractivity contribution is 7.80. The summed E-state index contributed by atoms with van der Waals surface area (Å²) in [4.78, 5) is 16.4. The Morgan fingerprint density at radius 1 is 0.473 bits per heavy atom. The first-order valence-corrected chi connectivity index (χ1v) is 18.9. The van der Waals surface area contributed by atoms with Crippen molar-refractivity contribution in [3.05, 3.63) is 188 Å². The number of para-hydroxylation sites is 2. The summed E-state index contributed by atoms with van der Waals surface area (Å²) in [5.74, 6) is 0.654. The molecule has 10 aromatic rings. The fourth-order valence-electron chi connectivity index (χ4n) is 7.85. The maximum Gasteiger partial charge on any atom is 0.160 e. The number of thiol groups is 1. The number of hydrogen-bond acceptors (Lipinski definition) is 4. The molecule has 0 amide bonds. The molecule has 0 spiro atoms. The van der Waals surface area contributed by atoms with Crippen LogP contribution in [0.3, 0.4) is 0 Å². The molecule has 0 radical (unpaired) electrons. The molecule has 0 N–H and O–H groups in total. The normalized spacial score (nSPS) is 11.5. The van der Waals surface area contributed by atoms with E-state index >= 15 is 0 Å². The minimum atomic E-state index is 0.654. The molecule has 3 heterocycles. The van der Waals surface area contributed by atoms with Gasteiger partial charge in [0.25, 0.3) is 0 Å². The summed E-state index contributed by atoms with van der Waals surface area (Å²) < 4.78 is 2.36. The molecule has 7 aromatic carbocycles. The third-order valence-electron chi connectivity index (χ3n) is 10.5. The first kappa shape index (κ1) is 32.8. The van der Waals surface area contributed by atoms with Gasteiger partial charge in [0, 0.05) is 49.8 Å². The largest absolute Gasteiger partial charge is 0.309 e. The summed E-state index contributed by atoms with van der Waals surface area (Å²) in [6.07, 6.45) is 1.90. The molecule has 0 fully saturated rings. The molecule has 0 aliphatic heterocycles. The second kappa shape index (κ2) is 13.5. The molecule has 0 atom stereocenters. The first-order valence-electron chi connectivity index (χ1n) is 18.4. The molecule has 260 valence electrons. The van der Waals surface area contributed by atoms with Gasteiger partial charge in [0.1, 0.15) is 0 Å². The second-order valence-electron chi connectivity index (χ2n) is 13.9. The monoisotopic (exact) mass is 722 g/mol. The van der Waals surface area contributed by atoms with Gasteiger partial charge in [0.05, 0.1) is 28.1 Å². The van der Waals surface area contributed by atoms with Crippen LogP contribution in [0, 0.1) is 6.92 Å². The van der Waals surface area contributed by atoms with Crippen LogP contribution in [0.4, 0.5) is 0 Å². The van der Waals surface area contributed by atoms with Crippen molar-refractivity contribution in [3.8, 4) is 62.0 Å². The van der Waals surface area contributed by atoms with Crippen LogP contribution < -0.4 is 0 Å². The smallest absolute Gasteiger partial charge is 0.160 e. The van der Waals surface area contributed by atoms with Crippen molar-refractivity contribution in [1.29, 1.82) is 0 Å². The van der Waals surface area contributed by atoms with E-state index in [0.29, 0.717) is 5.82 Å². The molecular weight excluding hydrogens is 689 g/mol. The van der Waals surface area contributed by atoms with Crippen molar-refractivity contribution in [2.24, 2.45) is 0 Å². The van der Waals surface area contributed by atoms with Gasteiger partial charge in [-0.05, 0) is 89.0 Å². The highest BCUT2D eigenvalue weighted by Gasteiger charge is 2.19. The van der Waals surface area contributed by atoms with Gasteiger partial charge in [-0.15, -0.1) is 12.6 Å². The van der Waals surface area contributed by atoms with E-state index in [2.05, 4.69) is 163 Å². The molecule has 3 aromatic heterocycles. The number of benzene rings is 7. The SMILES string of the molecule is Cc1c(-c2cc(-c3nc(-c4ccccc4)cc(-c4ccc5ccccc5c4)n3)cc(-n3c4ccccc4c4ccccc43)c2)ccnc1-c1ccccc1S. The predicted octanol–water partition coefficient (Wildman–Crippen LogP) is 13.1. The lowest BCUT2D eigenvalue weighted by Crippen LogP contribution is -2.00. The van der Waals surface area contributed by atoms with Gasteiger partial charge in [-0.1, -0.05) is 121 Å². The summed E-state index contributed by atoms with van der Waals surface area (Å²) in [7, 11) is 0. The third kappa shape index (κ3) is 5.86. The molecule has 0 saturated carbocycles. The Morgan fingerprint density at radius 2 is 1.11 bits per heavy atom. The van der Waals surface area contributed by atoms with E-state index in [-0.39, 0.29) is 0 Å². The maximum absolute atomic E-state index is 5.34. The van der Waals surface area contributed by atoms with E-state index in [1.54, 1.807) is 0 Å².